The van der Waals surface area contributed by atoms with E-state index in [1.165, 1.54) is 12.1 Å². The van der Waals surface area contributed by atoms with Gasteiger partial charge in [0.1, 0.15) is 5.69 Å². The summed E-state index contributed by atoms with van der Waals surface area (Å²) in [5.41, 5.74) is 4.81. The fourth-order valence-electron chi connectivity index (χ4n) is 1.61. The summed E-state index contributed by atoms with van der Waals surface area (Å²) in [6, 6.07) is 3.66. The SMILES string of the molecule is NC(=O)CCCCNc1ccc(C(=O)O)cc1[N+](=O)[O-]. The van der Waals surface area contributed by atoms with E-state index in [0.717, 1.165) is 6.07 Å². The van der Waals surface area contributed by atoms with Crippen molar-refractivity contribution in [3.8, 4) is 0 Å². The first-order valence-electron chi connectivity index (χ1n) is 5.95. The maximum atomic E-state index is 10.9. The molecule has 0 heterocycles. The lowest BCUT2D eigenvalue weighted by Crippen LogP contribution is -2.11. The highest BCUT2D eigenvalue weighted by molar-refractivity contribution is 5.89. The first-order valence-corrected chi connectivity index (χ1v) is 5.95. The Hall–Kier alpha value is -2.64. The number of aromatic carboxylic acids is 1. The van der Waals surface area contributed by atoms with Gasteiger partial charge in [-0.3, -0.25) is 14.9 Å². The molecule has 0 spiro atoms. The Morgan fingerprint density at radius 1 is 1.35 bits per heavy atom. The number of amides is 1. The van der Waals surface area contributed by atoms with Gasteiger partial charge < -0.3 is 16.2 Å². The second-order valence-corrected chi connectivity index (χ2v) is 4.14. The average molecular weight is 281 g/mol. The minimum atomic E-state index is -1.22. The highest BCUT2D eigenvalue weighted by atomic mass is 16.6. The summed E-state index contributed by atoms with van der Waals surface area (Å²) in [5.74, 6) is -1.61. The summed E-state index contributed by atoms with van der Waals surface area (Å²) < 4.78 is 0. The normalized spacial score (nSPS) is 10.0. The molecule has 0 saturated carbocycles. The van der Waals surface area contributed by atoms with Crippen LogP contribution in [0.5, 0.6) is 0 Å². The minimum absolute atomic E-state index is 0.143. The van der Waals surface area contributed by atoms with Crippen molar-refractivity contribution in [1.82, 2.24) is 0 Å². The second-order valence-electron chi connectivity index (χ2n) is 4.14. The van der Waals surface area contributed by atoms with E-state index in [-0.39, 0.29) is 29.3 Å². The van der Waals surface area contributed by atoms with Crippen molar-refractivity contribution >= 4 is 23.3 Å². The van der Waals surface area contributed by atoms with Gasteiger partial charge in [0.15, 0.2) is 0 Å². The largest absolute Gasteiger partial charge is 0.478 e. The lowest BCUT2D eigenvalue weighted by molar-refractivity contribution is -0.384. The lowest BCUT2D eigenvalue weighted by Gasteiger charge is -2.07. The molecular weight excluding hydrogens is 266 g/mol. The van der Waals surface area contributed by atoms with Crippen LogP contribution in [0.4, 0.5) is 11.4 Å². The highest BCUT2D eigenvalue weighted by Crippen LogP contribution is 2.25. The van der Waals surface area contributed by atoms with Crippen LogP contribution in [0.2, 0.25) is 0 Å². The Bertz CT molecular complexity index is 530. The Morgan fingerprint density at radius 2 is 2.05 bits per heavy atom. The van der Waals surface area contributed by atoms with E-state index in [4.69, 9.17) is 10.8 Å². The van der Waals surface area contributed by atoms with E-state index < -0.39 is 10.9 Å². The number of nitrogens with two attached hydrogens (primary N) is 1. The number of nitrogens with one attached hydrogen (secondary N) is 1. The minimum Gasteiger partial charge on any atom is -0.478 e. The van der Waals surface area contributed by atoms with Gasteiger partial charge in [0.25, 0.3) is 5.69 Å². The summed E-state index contributed by atoms with van der Waals surface area (Å²) in [6.07, 6.45) is 1.48. The van der Waals surface area contributed by atoms with Gasteiger partial charge in [-0.15, -0.1) is 0 Å². The zero-order chi connectivity index (χ0) is 15.1. The topological polar surface area (TPSA) is 136 Å². The molecule has 4 N–H and O–H groups in total. The van der Waals surface area contributed by atoms with Crippen LogP contribution in [-0.2, 0) is 4.79 Å². The molecule has 1 rings (SSSR count). The zero-order valence-corrected chi connectivity index (χ0v) is 10.7. The number of carbonyl (C=O) groups excluding carboxylic acids is 1. The number of carboxylic acid groups (broad SMARTS) is 1. The average Bonchev–Trinajstić information content (AvgIpc) is 2.37. The monoisotopic (exact) mass is 281 g/mol. The molecule has 1 aromatic carbocycles. The Balaban J connectivity index is 2.67. The number of rotatable bonds is 8. The van der Waals surface area contributed by atoms with Crippen LogP contribution in [0, 0.1) is 10.1 Å². The fourth-order valence-corrected chi connectivity index (χ4v) is 1.61. The summed E-state index contributed by atoms with van der Waals surface area (Å²) in [5, 5.41) is 22.5. The number of hydrogen-bond donors (Lipinski definition) is 3. The van der Waals surface area contributed by atoms with E-state index >= 15 is 0 Å². The predicted octanol–water partition coefficient (Wildman–Crippen LogP) is 1.36. The first-order chi connectivity index (χ1) is 9.41. The van der Waals surface area contributed by atoms with Gasteiger partial charge in [-0.25, -0.2) is 4.79 Å². The number of carboxylic acids is 1. The quantitative estimate of drug-likeness (QED) is 0.374. The molecule has 0 unspecified atom stereocenters. The van der Waals surface area contributed by atoms with Crippen molar-refractivity contribution in [1.29, 1.82) is 0 Å². The third-order valence-corrected chi connectivity index (χ3v) is 2.61. The van der Waals surface area contributed by atoms with Crippen molar-refractivity contribution in [2.75, 3.05) is 11.9 Å². The summed E-state index contributed by atoms with van der Waals surface area (Å²) in [4.78, 5) is 31.5. The van der Waals surface area contributed by atoms with Gasteiger partial charge in [-0.1, -0.05) is 0 Å². The van der Waals surface area contributed by atoms with Gasteiger partial charge in [0.05, 0.1) is 10.5 Å². The number of benzene rings is 1. The molecule has 0 aromatic heterocycles. The smallest absolute Gasteiger partial charge is 0.335 e. The van der Waals surface area contributed by atoms with Crippen LogP contribution >= 0.6 is 0 Å². The Morgan fingerprint density at radius 3 is 2.60 bits per heavy atom. The number of anilines is 1. The summed E-state index contributed by atoms with van der Waals surface area (Å²) >= 11 is 0. The Kier molecular flexibility index (Phi) is 5.45. The van der Waals surface area contributed by atoms with Crippen molar-refractivity contribution in [2.24, 2.45) is 5.73 Å². The van der Waals surface area contributed by atoms with Crippen LogP contribution in [0.1, 0.15) is 29.6 Å². The van der Waals surface area contributed by atoms with Gasteiger partial charge in [-0.2, -0.15) is 0 Å². The van der Waals surface area contributed by atoms with Gasteiger partial charge in [0, 0.05) is 19.0 Å². The van der Waals surface area contributed by atoms with Crippen molar-refractivity contribution < 1.29 is 19.6 Å². The molecule has 0 aliphatic heterocycles. The van der Waals surface area contributed by atoms with Gasteiger partial charge in [-0.05, 0) is 25.0 Å². The third-order valence-electron chi connectivity index (χ3n) is 2.61. The number of primary amides is 1. The number of nitrogens with zero attached hydrogens (tertiary/aromatic N) is 1. The van der Waals surface area contributed by atoms with Crippen LogP contribution < -0.4 is 11.1 Å². The zero-order valence-electron chi connectivity index (χ0n) is 10.7. The van der Waals surface area contributed by atoms with E-state index in [0.29, 0.717) is 19.4 Å². The maximum Gasteiger partial charge on any atom is 0.335 e. The molecule has 20 heavy (non-hydrogen) atoms. The molecule has 8 heteroatoms. The molecule has 0 aliphatic rings. The van der Waals surface area contributed by atoms with Crippen LogP contribution in [0.15, 0.2) is 18.2 Å². The molecule has 0 radical (unpaired) electrons. The predicted molar refractivity (Wildman–Crippen MR) is 71.6 cm³/mol. The molecule has 1 amide bonds. The van der Waals surface area contributed by atoms with E-state index in [2.05, 4.69) is 5.32 Å². The standard InChI is InChI=1S/C12H15N3O5/c13-11(16)3-1-2-6-14-9-5-4-8(12(17)18)7-10(9)15(19)20/h4-5,7,14H,1-3,6H2,(H2,13,16)(H,17,18). The summed E-state index contributed by atoms with van der Waals surface area (Å²) in [6.45, 7) is 0.431. The molecular formula is C12H15N3O5. The number of nitro benzene ring substituents is 1. The molecule has 108 valence electrons. The van der Waals surface area contributed by atoms with E-state index in [1.807, 2.05) is 0 Å². The van der Waals surface area contributed by atoms with Crippen LogP contribution in [0.25, 0.3) is 0 Å². The molecule has 0 bridgehead atoms. The maximum absolute atomic E-state index is 10.9. The number of carbonyl (C=O) groups is 2. The van der Waals surface area contributed by atoms with Gasteiger partial charge >= 0.3 is 5.97 Å². The Labute approximate surface area is 114 Å². The van der Waals surface area contributed by atoms with Crippen LogP contribution in [-0.4, -0.2) is 28.5 Å². The molecule has 0 atom stereocenters. The van der Waals surface area contributed by atoms with Gasteiger partial charge in [0.2, 0.25) is 5.91 Å². The first kappa shape index (κ1) is 15.4. The molecule has 1 aromatic rings. The number of hydrogen-bond acceptors (Lipinski definition) is 5. The highest BCUT2D eigenvalue weighted by Gasteiger charge is 2.16. The van der Waals surface area contributed by atoms with Crippen molar-refractivity contribution in [2.45, 2.75) is 19.3 Å². The van der Waals surface area contributed by atoms with Crippen molar-refractivity contribution in [3.63, 3.8) is 0 Å². The molecule has 0 saturated heterocycles. The van der Waals surface area contributed by atoms with Crippen LogP contribution in [0.3, 0.4) is 0 Å². The number of nitro groups is 1. The van der Waals surface area contributed by atoms with Crippen molar-refractivity contribution in [3.05, 3.63) is 33.9 Å². The lowest BCUT2D eigenvalue weighted by atomic mass is 10.1. The third kappa shape index (κ3) is 4.56. The number of unbranched alkanes of at least 4 members (excludes halogenated alkanes) is 1. The van der Waals surface area contributed by atoms with E-state index in [9.17, 15) is 19.7 Å². The molecule has 0 aliphatic carbocycles. The second kappa shape index (κ2) is 7.07. The fraction of sp³-hybridized carbons (Fsp3) is 0.333. The molecule has 8 nitrogen and oxygen atoms in total. The van der Waals surface area contributed by atoms with E-state index in [1.54, 1.807) is 0 Å². The summed E-state index contributed by atoms with van der Waals surface area (Å²) in [7, 11) is 0. The molecule has 0 fully saturated rings.